The number of carboxylic acids is 1. The monoisotopic (exact) mass is 473 g/mol. The fourth-order valence-corrected chi connectivity index (χ4v) is 8.77. The third-order valence-corrected chi connectivity index (χ3v) is 10.5. The summed E-state index contributed by atoms with van der Waals surface area (Å²) in [6.45, 7) is 0. The van der Waals surface area contributed by atoms with Gasteiger partial charge in [0.15, 0.2) is 0 Å². The maximum absolute atomic E-state index is 11.7. The number of nitro benzene ring substituents is 1. The highest BCUT2D eigenvalue weighted by molar-refractivity contribution is 7.97. The molecular formula is C24H31N3O5S. The number of nitrogens with one attached hydrogen (secondary N) is 2. The van der Waals surface area contributed by atoms with E-state index in [4.69, 9.17) is 0 Å². The minimum absolute atomic E-state index is 0.0605. The van der Waals surface area contributed by atoms with Crippen LogP contribution >= 0.6 is 11.9 Å². The van der Waals surface area contributed by atoms with Crippen molar-refractivity contribution < 1.29 is 19.6 Å². The highest BCUT2D eigenvalue weighted by Crippen LogP contribution is 2.81. The van der Waals surface area contributed by atoms with Crippen LogP contribution in [-0.2, 0) is 9.59 Å². The average molecular weight is 474 g/mol. The van der Waals surface area contributed by atoms with Gasteiger partial charge in [-0.2, -0.15) is 0 Å². The van der Waals surface area contributed by atoms with Crippen LogP contribution in [0.4, 0.5) is 5.69 Å². The molecule has 33 heavy (non-hydrogen) atoms. The summed E-state index contributed by atoms with van der Waals surface area (Å²) in [5.41, 5.74) is -0.524. The largest absolute Gasteiger partial charge is 0.481 e. The summed E-state index contributed by atoms with van der Waals surface area (Å²) in [7, 11) is 2.05. The number of benzene rings is 1. The number of hydrogen-bond acceptors (Lipinski definition) is 7. The second kappa shape index (κ2) is 8.06. The van der Waals surface area contributed by atoms with Crippen LogP contribution in [0.2, 0.25) is 0 Å². The van der Waals surface area contributed by atoms with Gasteiger partial charge < -0.3 is 15.2 Å². The summed E-state index contributed by atoms with van der Waals surface area (Å²) in [4.78, 5) is 33.5. The molecule has 178 valence electrons. The van der Waals surface area contributed by atoms with E-state index in [1.807, 2.05) is 7.05 Å². The van der Waals surface area contributed by atoms with E-state index < -0.39 is 16.4 Å². The van der Waals surface area contributed by atoms with Gasteiger partial charge in [-0.15, -0.1) is 0 Å². The summed E-state index contributed by atoms with van der Waals surface area (Å²) in [5, 5.41) is 23.9. The molecule has 0 aromatic heterocycles. The van der Waals surface area contributed by atoms with Crippen LogP contribution in [0, 0.1) is 38.7 Å². The van der Waals surface area contributed by atoms with Crippen LogP contribution in [0.5, 0.6) is 0 Å². The van der Waals surface area contributed by atoms with Crippen molar-refractivity contribution in [1.29, 1.82) is 0 Å². The van der Waals surface area contributed by atoms with Gasteiger partial charge in [-0.3, -0.25) is 14.9 Å². The van der Waals surface area contributed by atoms with Crippen LogP contribution in [0.1, 0.15) is 51.4 Å². The number of aliphatic carboxylic acids is 1. The van der Waals surface area contributed by atoms with Crippen molar-refractivity contribution in [3.63, 3.8) is 0 Å². The molecule has 1 spiro atoms. The number of nitro groups is 1. The van der Waals surface area contributed by atoms with Gasteiger partial charge in [0.25, 0.3) is 5.69 Å². The lowest BCUT2D eigenvalue weighted by atomic mass is 9.46. The highest BCUT2D eigenvalue weighted by atomic mass is 32.2. The average Bonchev–Trinajstić information content (AvgIpc) is 3.13. The van der Waals surface area contributed by atoms with Crippen molar-refractivity contribution >= 4 is 29.9 Å². The number of carboxylic acid groups (broad SMARTS) is 1. The van der Waals surface area contributed by atoms with Crippen molar-refractivity contribution in [2.45, 2.75) is 67.8 Å². The zero-order valence-electron chi connectivity index (χ0n) is 18.8. The van der Waals surface area contributed by atoms with E-state index in [0.717, 1.165) is 62.2 Å². The molecule has 6 unspecified atom stereocenters. The third kappa shape index (κ3) is 3.26. The summed E-state index contributed by atoms with van der Waals surface area (Å²) in [5.74, 6) is 1.63. The molecule has 8 nitrogen and oxygen atoms in total. The zero-order valence-corrected chi connectivity index (χ0v) is 19.6. The maximum atomic E-state index is 11.7. The Bertz CT molecular complexity index is 981. The van der Waals surface area contributed by atoms with Crippen LogP contribution in [0.25, 0.3) is 0 Å². The van der Waals surface area contributed by atoms with Crippen molar-refractivity contribution in [1.82, 2.24) is 10.0 Å². The van der Waals surface area contributed by atoms with Crippen LogP contribution in [0.15, 0.2) is 29.2 Å². The van der Waals surface area contributed by atoms with E-state index in [1.54, 1.807) is 18.2 Å². The quantitative estimate of drug-likeness (QED) is 0.237. The fraction of sp³-hybridized carbons (Fsp3) is 0.667. The van der Waals surface area contributed by atoms with Crippen molar-refractivity contribution in [2.24, 2.45) is 28.6 Å². The van der Waals surface area contributed by atoms with Gasteiger partial charge in [-0.05, 0) is 99.6 Å². The van der Waals surface area contributed by atoms with E-state index in [-0.39, 0.29) is 16.5 Å². The number of carbonyl (C=O) groups excluding carboxylic acids is 1. The van der Waals surface area contributed by atoms with Crippen LogP contribution < -0.4 is 10.0 Å². The first-order valence-corrected chi connectivity index (χ1v) is 12.7. The molecule has 0 radical (unpaired) electrons. The Kier molecular flexibility index (Phi) is 5.57. The lowest BCUT2D eigenvalue weighted by Crippen LogP contribution is -2.56. The number of hydrogen-bond donors (Lipinski definition) is 3. The molecule has 5 aliphatic rings. The second-order valence-corrected chi connectivity index (χ2v) is 11.5. The molecule has 1 aromatic carbocycles. The van der Waals surface area contributed by atoms with Gasteiger partial charge in [0.1, 0.15) is 11.2 Å². The fourth-order valence-electron chi connectivity index (χ4n) is 7.81. The normalized spacial score (nSPS) is 38.3. The predicted octanol–water partition coefficient (Wildman–Crippen LogP) is 3.80. The molecule has 5 fully saturated rings. The molecule has 1 aromatic rings. The first kappa shape index (κ1) is 22.8. The van der Waals surface area contributed by atoms with Crippen LogP contribution in [0.3, 0.4) is 0 Å². The number of rotatable bonds is 7. The first-order valence-electron chi connectivity index (χ1n) is 11.8. The van der Waals surface area contributed by atoms with Gasteiger partial charge in [-0.25, -0.2) is 4.72 Å². The van der Waals surface area contributed by atoms with Crippen LogP contribution in [-0.4, -0.2) is 40.9 Å². The number of aldehydes is 1. The molecule has 0 aliphatic heterocycles. The lowest BCUT2D eigenvalue weighted by Gasteiger charge is -2.56. The van der Waals surface area contributed by atoms with E-state index in [2.05, 4.69) is 10.0 Å². The van der Waals surface area contributed by atoms with E-state index in [9.17, 15) is 24.8 Å². The Balaban J connectivity index is 0.000000138. The molecule has 5 aliphatic carbocycles. The summed E-state index contributed by atoms with van der Waals surface area (Å²) in [6.07, 6.45) is 9.09. The molecule has 9 heteroatoms. The van der Waals surface area contributed by atoms with Gasteiger partial charge in [-0.1, -0.05) is 12.1 Å². The topological polar surface area (TPSA) is 122 Å². The second-order valence-electron chi connectivity index (χ2n) is 10.7. The third-order valence-electron chi connectivity index (χ3n) is 9.44. The van der Waals surface area contributed by atoms with Crippen molar-refractivity contribution in [3.05, 3.63) is 34.4 Å². The van der Waals surface area contributed by atoms with Crippen molar-refractivity contribution in [3.8, 4) is 0 Å². The Morgan fingerprint density at radius 3 is 2.55 bits per heavy atom. The Labute approximate surface area is 197 Å². The molecule has 0 heterocycles. The summed E-state index contributed by atoms with van der Waals surface area (Å²) >= 11 is 1.16. The SMILES string of the molecule is CNC1C2CC3CC4(C(=O)O)CC1CC34C2.O=CC1(NSc2ccccc2[N+](=O)[O-])CCC1. The van der Waals surface area contributed by atoms with Gasteiger partial charge in [0.05, 0.1) is 15.9 Å². The maximum Gasteiger partial charge on any atom is 0.310 e. The molecule has 5 saturated carbocycles. The number of carbonyl (C=O) groups is 2. The number of nitrogens with zero attached hydrogens (tertiary/aromatic N) is 1. The lowest BCUT2D eigenvalue weighted by molar-refractivity contribution is -0.387. The molecule has 6 atom stereocenters. The number of para-hydroxylation sites is 1. The molecule has 3 N–H and O–H groups in total. The summed E-state index contributed by atoms with van der Waals surface area (Å²) in [6, 6.07) is 7.09. The van der Waals surface area contributed by atoms with E-state index >= 15 is 0 Å². The zero-order chi connectivity index (χ0) is 23.4. The van der Waals surface area contributed by atoms with Gasteiger partial charge in [0.2, 0.25) is 0 Å². The Morgan fingerprint density at radius 1 is 1.21 bits per heavy atom. The molecule has 0 saturated heterocycles. The van der Waals surface area contributed by atoms with Crippen molar-refractivity contribution in [2.75, 3.05) is 7.05 Å². The predicted molar refractivity (Wildman–Crippen MR) is 124 cm³/mol. The summed E-state index contributed by atoms with van der Waals surface area (Å²) < 4.78 is 3.04. The molecule has 0 amide bonds. The molecule has 3 bridgehead atoms. The minimum Gasteiger partial charge on any atom is -0.481 e. The Hall–Kier alpha value is -1.97. The van der Waals surface area contributed by atoms with Gasteiger partial charge in [0, 0.05) is 12.1 Å². The van der Waals surface area contributed by atoms with Gasteiger partial charge >= 0.3 is 5.97 Å². The van der Waals surface area contributed by atoms with E-state index in [1.165, 1.54) is 25.3 Å². The molecule has 6 rings (SSSR count). The first-order chi connectivity index (χ1) is 15.8. The Morgan fingerprint density at radius 2 is 1.94 bits per heavy atom. The molecular weight excluding hydrogens is 442 g/mol. The van der Waals surface area contributed by atoms with E-state index in [0.29, 0.717) is 16.9 Å². The smallest absolute Gasteiger partial charge is 0.310 e. The minimum atomic E-state index is -0.497. The number of fused-ring (bicyclic) bond motifs is 2. The highest BCUT2D eigenvalue weighted by Gasteiger charge is 2.78. The standard InChI is InChI=1S/C13H19NO2.C11H12N2O3S/c1-14-10-7-2-9-6-13(11(15)16)5-8(10)4-12(9,13)3-7;14-8-11(6-3-7-11)12-17-10-5-2-1-4-9(10)13(15)16/h7-10,14H,2-6H2,1H3,(H,15,16);1-2,4-5,8,12H,3,6-7H2.